The van der Waals surface area contributed by atoms with Gasteiger partial charge in [-0.25, -0.2) is 13.0 Å². The van der Waals surface area contributed by atoms with Crippen LogP contribution in [0.1, 0.15) is 63.9 Å². The van der Waals surface area contributed by atoms with E-state index < -0.39 is 15.6 Å². The first-order chi connectivity index (χ1) is 11.6. The van der Waals surface area contributed by atoms with Crippen LogP contribution in [-0.4, -0.2) is 18.5 Å². The molecule has 0 aliphatic heterocycles. The normalized spacial score (nSPS) is 11.8. The minimum absolute atomic E-state index is 1.18. The first kappa shape index (κ1) is 23.9. The lowest BCUT2D eigenvalue weighted by Crippen LogP contribution is -2.32. The van der Waals surface area contributed by atoms with Crippen molar-refractivity contribution in [2.45, 2.75) is 77.3 Å². The number of aryl methyl sites for hydroxylation is 2. The molecule has 1 aromatic rings. The van der Waals surface area contributed by atoms with Crippen LogP contribution in [0.2, 0.25) is 0 Å². The number of alkyl halides is 3. The minimum Gasteiger partial charge on any atom is -0.741 e. The van der Waals surface area contributed by atoms with Gasteiger partial charge in [0.25, 0.3) is 0 Å². The molecule has 1 heterocycles. The summed E-state index contributed by atoms with van der Waals surface area (Å²) in [5.74, 6) is 0. The van der Waals surface area contributed by atoms with E-state index in [0.29, 0.717) is 0 Å². The molecule has 0 bridgehead atoms. The Balaban J connectivity index is 0.000000609. The first-order valence-electron chi connectivity index (χ1n) is 8.55. The summed E-state index contributed by atoms with van der Waals surface area (Å²) in [5, 5.41) is 0. The summed E-state index contributed by atoms with van der Waals surface area (Å²) in [7, 11) is -6.09. The number of hydrogen-bond donors (Lipinski definition) is 0. The molecule has 0 atom stereocenters. The van der Waals surface area contributed by atoms with E-state index in [-0.39, 0.29) is 0 Å². The fraction of sp³-hybridized carbons (Fsp3) is 0.706. The van der Waals surface area contributed by atoms with Crippen molar-refractivity contribution in [3.05, 3.63) is 30.1 Å². The van der Waals surface area contributed by atoms with Gasteiger partial charge in [0, 0.05) is 18.6 Å². The van der Waals surface area contributed by atoms with Gasteiger partial charge in [0.15, 0.2) is 22.5 Å². The zero-order valence-corrected chi connectivity index (χ0v) is 15.7. The summed E-state index contributed by atoms with van der Waals surface area (Å²) in [4.78, 5) is 0. The summed E-state index contributed by atoms with van der Waals surface area (Å²) >= 11 is 0. The van der Waals surface area contributed by atoms with Gasteiger partial charge >= 0.3 is 5.51 Å². The highest BCUT2D eigenvalue weighted by molar-refractivity contribution is 7.86. The van der Waals surface area contributed by atoms with Gasteiger partial charge in [-0.3, -0.25) is 0 Å². The van der Waals surface area contributed by atoms with Gasteiger partial charge in [0.1, 0.15) is 6.54 Å². The fourth-order valence-electron chi connectivity index (χ4n) is 2.11. The number of pyridine rings is 1. The quantitative estimate of drug-likeness (QED) is 0.273. The summed E-state index contributed by atoms with van der Waals surface area (Å²) in [6, 6.07) is 4.37. The van der Waals surface area contributed by atoms with Crippen molar-refractivity contribution in [1.29, 1.82) is 0 Å². The molecular weight excluding hydrogens is 355 g/mol. The molecule has 0 fully saturated rings. The fourth-order valence-corrected chi connectivity index (χ4v) is 2.11. The van der Waals surface area contributed by atoms with Crippen LogP contribution in [0.25, 0.3) is 0 Å². The Bertz CT molecular complexity index is 557. The summed E-state index contributed by atoms with van der Waals surface area (Å²) in [5.41, 5.74) is -4.30. The zero-order chi connectivity index (χ0) is 19.3. The van der Waals surface area contributed by atoms with E-state index in [1.165, 1.54) is 63.5 Å². The van der Waals surface area contributed by atoms with Gasteiger partial charge in [-0.2, -0.15) is 13.2 Å². The maximum absolute atomic E-state index is 10.7. The van der Waals surface area contributed by atoms with Crippen LogP contribution in [-0.2, 0) is 16.7 Å². The van der Waals surface area contributed by atoms with Gasteiger partial charge in [0.05, 0.1) is 0 Å². The van der Waals surface area contributed by atoms with E-state index in [1.54, 1.807) is 0 Å². The molecule has 0 spiro atoms. The molecule has 0 aromatic carbocycles. The van der Waals surface area contributed by atoms with Crippen LogP contribution >= 0.6 is 0 Å². The zero-order valence-electron chi connectivity index (χ0n) is 14.9. The second-order valence-corrected chi connectivity index (χ2v) is 7.36. The van der Waals surface area contributed by atoms with Crippen LogP contribution in [0.4, 0.5) is 13.2 Å². The number of hydrogen-bond acceptors (Lipinski definition) is 3. The highest BCUT2D eigenvalue weighted by atomic mass is 32.2. The maximum Gasteiger partial charge on any atom is 0.485 e. The van der Waals surface area contributed by atoms with Crippen molar-refractivity contribution in [3.63, 3.8) is 0 Å². The summed E-state index contributed by atoms with van der Waals surface area (Å²) in [6.07, 6.45) is 15.6. The Morgan fingerprint density at radius 3 is 1.76 bits per heavy atom. The molecule has 0 radical (unpaired) electrons. The Kier molecular flexibility index (Phi) is 11.7. The van der Waals surface area contributed by atoms with Gasteiger partial charge in [-0.1, -0.05) is 45.4 Å². The molecule has 146 valence electrons. The maximum atomic E-state index is 10.7. The topological polar surface area (TPSA) is 61.1 Å². The van der Waals surface area contributed by atoms with Gasteiger partial charge in [-0.15, -0.1) is 0 Å². The molecule has 0 aliphatic rings. The molecule has 0 saturated carbocycles. The van der Waals surface area contributed by atoms with Crippen molar-refractivity contribution in [1.82, 2.24) is 0 Å². The number of rotatable bonds is 9. The molecule has 4 nitrogen and oxygen atoms in total. The summed E-state index contributed by atoms with van der Waals surface area (Å²) in [6.45, 7) is 5.59. The Morgan fingerprint density at radius 2 is 1.36 bits per heavy atom. The average molecular weight is 383 g/mol. The molecular formula is C17H28F3NO3S. The standard InChI is InChI=1S/C16H28N.CHF3O3S/c1-3-4-5-6-7-8-9-10-13-17-14-11-16(2)12-15-17;2-1(3,4)8(5,6)7/h11-12,14-15H,3-10,13H2,1-2H3;(H,5,6,7)/q+1;/p-1. The molecule has 1 rings (SSSR count). The highest BCUT2D eigenvalue weighted by Gasteiger charge is 2.36. The SMILES string of the molecule is CCCCCCCCCC[n+]1ccc(C)cc1.O=S(=O)([O-])C(F)(F)F. The molecule has 0 unspecified atom stereocenters. The Labute approximate surface area is 148 Å². The lowest BCUT2D eigenvalue weighted by Gasteiger charge is -2.08. The van der Waals surface area contributed by atoms with Crippen molar-refractivity contribution in [2.24, 2.45) is 0 Å². The number of unbranched alkanes of at least 4 members (excludes halogenated alkanes) is 7. The van der Waals surface area contributed by atoms with Gasteiger partial charge in [0.2, 0.25) is 0 Å². The first-order valence-corrected chi connectivity index (χ1v) is 9.96. The van der Waals surface area contributed by atoms with Crippen molar-refractivity contribution in [3.8, 4) is 0 Å². The lowest BCUT2D eigenvalue weighted by molar-refractivity contribution is -0.697. The van der Waals surface area contributed by atoms with E-state index in [9.17, 15) is 13.2 Å². The van der Waals surface area contributed by atoms with Crippen molar-refractivity contribution < 1.29 is 30.7 Å². The van der Waals surface area contributed by atoms with E-state index in [0.717, 1.165) is 0 Å². The third-order valence-corrected chi connectivity index (χ3v) is 4.18. The van der Waals surface area contributed by atoms with Crippen LogP contribution in [0, 0.1) is 6.92 Å². The van der Waals surface area contributed by atoms with Crippen LogP contribution in [0.3, 0.4) is 0 Å². The van der Waals surface area contributed by atoms with E-state index in [1.807, 2.05) is 0 Å². The van der Waals surface area contributed by atoms with E-state index in [4.69, 9.17) is 13.0 Å². The van der Waals surface area contributed by atoms with Gasteiger partial charge in [-0.05, 0) is 18.9 Å². The minimum atomic E-state index is -6.09. The predicted molar refractivity (Wildman–Crippen MR) is 89.7 cm³/mol. The van der Waals surface area contributed by atoms with Crippen molar-refractivity contribution in [2.75, 3.05) is 0 Å². The Morgan fingerprint density at radius 1 is 0.960 bits per heavy atom. The van der Waals surface area contributed by atoms with E-state index in [2.05, 4.69) is 42.9 Å². The highest BCUT2D eigenvalue weighted by Crippen LogP contribution is 2.20. The second-order valence-electron chi connectivity index (χ2n) is 5.99. The van der Waals surface area contributed by atoms with Crippen molar-refractivity contribution >= 4 is 10.1 Å². The Hall–Kier alpha value is -1.15. The third kappa shape index (κ3) is 12.8. The lowest BCUT2D eigenvalue weighted by atomic mass is 10.1. The smallest absolute Gasteiger partial charge is 0.485 e. The van der Waals surface area contributed by atoms with Crippen LogP contribution in [0.5, 0.6) is 0 Å². The molecule has 0 amide bonds. The molecule has 8 heteroatoms. The van der Waals surface area contributed by atoms with Crippen LogP contribution < -0.4 is 4.57 Å². The number of aromatic nitrogens is 1. The monoisotopic (exact) mass is 383 g/mol. The second kappa shape index (κ2) is 12.2. The summed E-state index contributed by atoms with van der Waals surface area (Å²) < 4.78 is 61.2. The van der Waals surface area contributed by atoms with Crippen LogP contribution in [0.15, 0.2) is 24.5 Å². The molecule has 0 saturated heterocycles. The third-order valence-electron chi connectivity index (χ3n) is 3.61. The molecule has 0 aliphatic carbocycles. The predicted octanol–water partition coefficient (Wildman–Crippen LogP) is 4.47. The molecule has 0 N–H and O–H groups in total. The number of halogens is 3. The van der Waals surface area contributed by atoms with Gasteiger partial charge < -0.3 is 4.55 Å². The van der Waals surface area contributed by atoms with E-state index >= 15 is 0 Å². The largest absolute Gasteiger partial charge is 0.741 e. The average Bonchev–Trinajstić information content (AvgIpc) is 2.50. The molecule has 25 heavy (non-hydrogen) atoms. The number of nitrogens with zero attached hydrogens (tertiary/aromatic N) is 1. The molecule has 1 aromatic heterocycles.